The van der Waals surface area contributed by atoms with Crippen molar-refractivity contribution >= 4 is 51.9 Å². The highest BCUT2D eigenvalue weighted by molar-refractivity contribution is 14.1. The smallest absolute Gasteiger partial charge is 0.313 e. The second kappa shape index (κ2) is 10.2. The standard InChI is InChI=1S/C20H16ClIN4O4/c1-29-18-10-13(11-24-25-20-17(26(27)28)7-4-8-23-20)9-16(22)19(18)30-12-14-5-2-3-6-15(14)21/h2-11H,12H2,1H3,(H,23,25)/b24-11-. The maximum atomic E-state index is 11.0. The van der Waals surface area contributed by atoms with Gasteiger partial charge in [-0.3, -0.25) is 15.5 Å². The third-order valence-electron chi connectivity index (χ3n) is 3.95. The Kier molecular flexibility index (Phi) is 7.41. The van der Waals surface area contributed by atoms with E-state index in [1.165, 1.54) is 24.5 Å². The van der Waals surface area contributed by atoms with Crippen LogP contribution in [0, 0.1) is 13.7 Å². The summed E-state index contributed by atoms with van der Waals surface area (Å²) in [6, 6.07) is 13.9. The van der Waals surface area contributed by atoms with Gasteiger partial charge in [0.15, 0.2) is 11.5 Å². The molecule has 0 radical (unpaired) electrons. The Hall–Kier alpha value is -2.92. The average molecular weight is 539 g/mol. The van der Waals surface area contributed by atoms with Gasteiger partial charge in [-0.05, 0) is 52.4 Å². The summed E-state index contributed by atoms with van der Waals surface area (Å²) in [4.78, 5) is 14.4. The van der Waals surface area contributed by atoms with Crippen LogP contribution in [0.2, 0.25) is 5.02 Å². The van der Waals surface area contributed by atoms with Crippen LogP contribution < -0.4 is 14.9 Å². The van der Waals surface area contributed by atoms with Crippen LogP contribution in [-0.4, -0.2) is 23.2 Å². The Morgan fingerprint density at radius 2 is 2.10 bits per heavy atom. The van der Waals surface area contributed by atoms with Crippen molar-refractivity contribution in [2.75, 3.05) is 12.5 Å². The van der Waals surface area contributed by atoms with E-state index in [9.17, 15) is 10.1 Å². The quantitative estimate of drug-likeness (QED) is 0.181. The molecule has 1 N–H and O–H groups in total. The van der Waals surface area contributed by atoms with E-state index in [-0.39, 0.29) is 11.5 Å². The van der Waals surface area contributed by atoms with Gasteiger partial charge in [-0.25, -0.2) is 4.98 Å². The molecule has 1 aromatic heterocycles. The van der Waals surface area contributed by atoms with Gasteiger partial charge in [-0.2, -0.15) is 5.10 Å². The molecule has 0 unspecified atom stereocenters. The summed E-state index contributed by atoms with van der Waals surface area (Å²) < 4.78 is 12.2. The van der Waals surface area contributed by atoms with Gasteiger partial charge < -0.3 is 9.47 Å². The number of ether oxygens (including phenoxy) is 2. The van der Waals surface area contributed by atoms with Gasteiger partial charge in [-0.1, -0.05) is 29.8 Å². The second-order valence-corrected chi connectivity index (χ2v) is 7.48. The molecule has 0 amide bonds. The van der Waals surface area contributed by atoms with Crippen LogP contribution in [0.25, 0.3) is 0 Å². The zero-order valence-electron chi connectivity index (χ0n) is 15.7. The Bertz CT molecular complexity index is 1090. The summed E-state index contributed by atoms with van der Waals surface area (Å²) >= 11 is 8.32. The van der Waals surface area contributed by atoms with Crippen molar-refractivity contribution in [3.63, 3.8) is 0 Å². The molecule has 0 aliphatic rings. The normalized spacial score (nSPS) is 10.8. The molecule has 0 saturated heterocycles. The number of hydrazone groups is 1. The molecule has 10 heteroatoms. The van der Waals surface area contributed by atoms with Gasteiger partial charge in [0.05, 0.1) is 21.8 Å². The molecule has 154 valence electrons. The van der Waals surface area contributed by atoms with E-state index in [0.29, 0.717) is 28.7 Å². The van der Waals surface area contributed by atoms with E-state index >= 15 is 0 Å². The molecule has 3 rings (SSSR count). The van der Waals surface area contributed by atoms with Crippen molar-refractivity contribution < 1.29 is 14.4 Å². The van der Waals surface area contributed by atoms with E-state index in [0.717, 1.165) is 9.13 Å². The SMILES string of the molecule is COc1cc(/C=N\Nc2ncccc2[N+](=O)[O-])cc(I)c1OCc1ccccc1Cl. The number of nitro groups is 1. The molecule has 0 spiro atoms. The molecule has 30 heavy (non-hydrogen) atoms. The second-order valence-electron chi connectivity index (χ2n) is 5.91. The molecule has 0 bridgehead atoms. The molecular weight excluding hydrogens is 523 g/mol. The Balaban J connectivity index is 1.76. The number of anilines is 1. The number of aromatic nitrogens is 1. The van der Waals surface area contributed by atoms with Crippen LogP contribution in [0.4, 0.5) is 11.5 Å². The highest BCUT2D eigenvalue weighted by atomic mass is 127. The minimum absolute atomic E-state index is 0.0557. The van der Waals surface area contributed by atoms with Crippen molar-refractivity contribution in [2.24, 2.45) is 5.10 Å². The van der Waals surface area contributed by atoms with Crippen LogP contribution >= 0.6 is 34.2 Å². The van der Waals surface area contributed by atoms with E-state index in [1.54, 1.807) is 19.2 Å². The molecular formula is C20H16ClIN4O4. The van der Waals surface area contributed by atoms with Crippen molar-refractivity contribution in [1.29, 1.82) is 0 Å². The molecule has 0 aliphatic carbocycles. The topological polar surface area (TPSA) is 98.9 Å². The van der Waals surface area contributed by atoms with E-state index in [1.807, 2.05) is 24.3 Å². The van der Waals surface area contributed by atoms with Crippen LogP contribution in [-0.2, 0) is 6.61 Å². The first-order valence-corrected chi connectivity index (χ1v) is 10.1. The van der Waals surface area contributed by atoms with Crippen LogP contribution in [0.1, 0.15) is 11.1 Å². The van der Waals surface area contributed by atoms with Gasteiger partial charge in [-0.15, -0.1) is 0 Å². The number of hydrogen-bond donors (Lipinski definition) is 1. The monoisotopic (exact) mass is 538 g/mol. The lowest BCUT2D eigenvalue weighted by atomic mass is 10.2. The van der Waals surface area contributed by atoms with Gasteiger partial charge in [0.1, 0.15) is 6.61 Å². The summed E-state index contributed by atoms with van der Waals surface area (Å²) in [5, 5.41) is 15.7. The maximum Gasteiger partial charge on any atom is 0.313 e. The van der Waals surface area contributed by atoms with E-state index < -0.39 is 4.92 Å². The minimum Gasteiger partial charge on any atom is -0.493 e. The highest BCUT2D eigenvalue weighted by Crippen LogP contribution is 2.34. The fourth-order valence-electron chi connectivity index (χ4n) is 2.52. The third kappa shape index (κ3) is 5.36. The molecule has 0 fully saturated rings. The number of benzene rings is 2. The molecule has 8 nitrogen and oxygen atoms in total. The first-order chi connectivity index (χ1) is 14.5. The maximum absolute atomic E-state index is 11.0. The zero-order valence-corrected chi connectivity index (χ0v) is 18.6. The van der Waals surface area contributed by atoms with E-state index in [4.69, 9.17) is 21.1 Å². The number of rotatable bonds is 8. The lowest BCUT2D eigenvalue weighted by molar-refractivity contribution is -0.384. The molecule has 0 aliphatic heterocycles. The first kappa shape index (κ1) is 21.8. The lowest BCUT2D eigenvalue weighted by Gasteiger charge is -2.14. The lowest BCUT2D eigenvalue weighted by Crippen LogP contribution is -2.02. The Morgan fingerprint density at radius 1 is 1.30 bits per heavy atom. The average Bonchev–Trinajstić information content (AvgIpc) is 2.74. The number of nitrogens with one attached hydrogen (secondary N) is 1. The minimum atomic E-state index is -0.526. The molecule has 3 aromatic rings. The summed E-state index contributed by atoms with van der Waals surface area (Å²) in [5.74, 6) is 1.17. The number of halogens is 2. The van der Waals surface area contributed by atoms with E-state index in [2.05, 4.69) is 38.1 Å². The van der Waals surface area contributed by atoms with Gasteiger partial charge in [0.25, 0.3) is 0 Å². The van der Waals surface area contributed by atoms with Gasteiger partial charge in [0, 0.05) is 22.8 Å². The zero-order chi connectivity index (χ0) is 21.5. The Labute approximate surface area is 191 Å². The number of nitrogens with zero attached hydrogens (tertiary/aromatic N) is 3. The van der Waals surface area contributed by atoms with Crippen LogP contribution in [0.15, 0.2) is 59.8 Å². The summed E-state index contributed by atoms with van der Waals surface area (Å²) in [6.07, 6.45) is 2.96. The van der Waals surface area contributed by atoms with Gasteiger partial charge in [0.2, 0.25) is 5.82 Å². The summed E-state index contributed by atoms with van der Waals surface area (Å²) in [5.41, 5.74) is 4.01. The van der Waals surface area contributed by atoms with Crippen molar-refractivity contribution in [2.45, 2.75) is 6.61 Å². The van der Waals surface area contributed by atoms with Gasteiger partial charge >= 0.3 is 5.69 Å². The number of hydrogen-bond acceptors (Lipinski definition) is 7. The third-order valence-corrected chi connectivity index (χ3v) is 5.12. The largest absolute Gasteiger partial charge is 0.493 e. The predicted octanol–water partition coefficient (Wildman–Crippen LogP) is 5.28. The molecule has 0 atom stereocenters. The van der Waals surface area contributed by atoms with Crippen molar-refractivity contribution in [1.82, 2.24) is 4.98 Å². The summed E-state index contributed by atoms with van der Waals surface area (Å²) in [7, 11) is 1.55. The number of pyridine rings is 1. The van der Waals surface area contributed by atoms with Crippen LogP contribution in [0.5, 0.6) is 11.5 Å². The van der Waals surface area contributed by atoms with Crippen LogP contribution in [0.3, 0.4) is 0 Å². The molecule has 1 heterocycles. The first-order valence-electron chi connectivity index (χ1n) is 8.62. The number of methoxy groups -OCH3 is 1. The highest BCUT2D eigenvalue weighted by Gasteiger charge is 2.14. The molecule has 0 saturated carbocycles. The Morgan fingerprint density at radius 3 is 2.83 bits per heavy atom. The summed E-state index contributed by atoms with van der Waals surface area (Å²) in [6.45, 7) is 0.296. The predicted molar refractivity (Wildman–Crippen MR) is 124 cm³/mol. The fourth-order valence-corrected chi connectivity index (χ4v) is 3.49. The fraction of sp³-hybridized carbons (Fsp3) is 0.100. The van der Waals surface area contributed by atoms with Crippen molar-refractivity contribution in [3.8, 4) is 11.5 Å². The van der Waals surface area contributed by atoms with Crippen molar-refractivity contribution in [3.05, 3.63) is 84.6 Å². The molecule has 2 aromatic carbocycles.